The summed E-state index contributed by atoms with van der Waals surface area (Å²) in [6.07, 6.45) is 4.66. The molecule has 2 aromatic carbocycles. The van der Waals surface area contributed by atoms with Crippen LogP contribution in [0.5, 0.6) is 11.5 Å². The normalized spacial score (nSPS) is 11.8. The first-order chi connectivity index (χ1) is 17.6. The van der Waals surface area contributed by atoms with Crippen LogP contribution in [0.4, 0.5) is 0 Å². The van der Waals surface area contributed by atoms with Gasteiger partial charge in [-0.1, -0.05) is 24.2 Å². The third-order valence-corrected chi connectivity index (χ3v) is 8.18. The van der Waals surface area contributed by atoms with Crippen LogP contribution in [0.1, 0.15) is 23.9 Å². The van der Waals surface area contributed by atoms with E-state index in [1.165, 1.54) is 23.2 Å². The zero-order valence-corrected chi connectivity index (χ0v) is 22.0. The molecule has 37 heavy (non-hydrogen) atoms. The Kier molecular flexibility index (Phi) is 5.99. The minimum atomic E-state index is -3.50. The van der Waals surface area contributed by atoms with Crippen molar-refractivity contribution in [1.29, 1.82) is 0 Å². The summed E-state index contributed by atoms with van der Waals surface area (Å²) < 4.78 is 40.4. The molecule has 0 atom stereocenters. The Morgan fingerprint density at radius 2 is 1.84 bits per heavy atom. The summed E-state index contributed by atoms with van der Waals surface area (Å²) >= 11 is 0. The summed E-state index contributed by atoms with van der Waals surface area (Å²) in [4.78, 5) is 16.9. The fourth-order valence-electron chi connectivity index (χ4n) is 4.37. The Balaban J connectivity index is 1.72. The van der Waals surface area contributed by atoms with E-state index in [4.69, 9.17) is 9.26 Å². The number of rotatable bonds is 6. The summed E-state index contributed by atoms with van der Waals surface area (Å²) in [5.74, 6) is 1.69. The maximum Gasteiger partial charge on any atom is 0.276 e. The number of hydrogen-bond acceptors (Lipinski definition) is 7. The molecule has 0 spiro atoms. The number of sulfone groups is 1. The molecule has 0 bridgehead atoms. The SMILES string of the molecule is CCS(=O)(=O)c1ccc(Oc2cc(-c3c(C)noc3C)ccc2C)c(-c2cn(C)c(=O)c3cncn23)c1. The molecule has 5 aromatic rings. The summed E-state index contributed by atoms with van der Waals surface area (Å²) in [6, 6.07) is 10.6. The molecule has 0 amide bonds. The average Bonchev–Trinajstić information content (AvgIpc) is 3.50. The van der Waals surface area contributed by atoms with E-state index >= 15 is 0 Å². The number of aromatic nitrogens is 4. The van der Waals surface area contributed by atoms with Crippen molar-refractivity contribution in [2.75, 3.05) is 5.75 Å². The molecule has 190 valence electrons. The van der Waals surface area contributed by atoms with Gasteiger partial charge in [0.05, 0.1) is 34.6 Å². The maximum atomic E-state index is 12.8. The first kappa shape index (κ1) is 24.5. The highest BCUT2D eigenvalue weighted by Gasteiger charge is 2.20. The van der Waals surface area contributed by atoms with E-state index in [0.717, 1.165) is 22.4 Å². The number of fused-ring (bicyclic) bond motifs is 1. The van der Waals surface area contributed by atoms with Gasteiger partial charge >= 0.3 is 0 Å². The monoisotopic (exact) mass is 518 g/mol. The van der Waals surface area contributed by atoms with Crippen molar-refractivity contribution in [3.05, 3.63) is 82.5 Å². The van der Waals surface area contributed by atoms with Gasteiger partial charge < -0.3 is 13.8 Å². The van der Waals surface area contributed by atoms with Crippen LogP contribution in [0.2, 0.25) is 0 Å². The van der Waals surface area contributed by atoms with Crippen LogP contribution in [0, 0.1) is 20.8 Å². The van der Waals surface area contributed by atoms with Crippen molar-refractivity contribution in [1.82, 2.24) is 19.1 Å². The molecule has 0 fully saturated rings. The van der Waals surface area contributed by atoms with Crippen molar-refractivity contribution < 1.29 is 17.7 Å². The summed E-state index contributed by atoms with van der Waals surface area (Å²) in [6.45, 7) is 7.27. The second kappa shape index (κ2) is 9.04. The summed E-state index contributed by atoms with van der Waals surface area (Å²) in [7, 11) is -1.85. The van der Waals surface area contributed by atoms with Crippen molar-refractivity contribution in [3.63, 3.8) is 0 Å². The second-order valence-electron chi connectivity index (χ2n) is 8.92. The van der Waals surface area contributed by atoms with Crippen LogP contribution in [0.3, 0.4) is 0 Å². The number of benzene rings is 2. The van der Waals surface area contributed by atoms with Gasteiger partial charge in [0.2, 0.25) is 0 Å². The van der Waals surface area contributed by atoms with Crippen LogP contribution >= 0.6 is 0 Å². The number of nitrogens with zero attached hydrogens (tertiary/aromatic N) is 4. The van der Waals surface area contributed by atoms with E-state index in [2.05, 4.69) is 10.1 Å². The van der Waals surface area contributed by atoms with Crippen molar-refractivity contribution >= 4 is 15.4 Å². The second-order valence-corrected chi connectivity index (χ2v) is 11.2. The number of aryl methyl sites for hydroxylation is 4. The molecule has 3 aromatic heterocycles. The van der Waals surface area contributed by atoms with Gasteiger partial charge in [-0.25, -0.2) is 13.4 Å². The largest absolute Gasteiger partial charge is 0.456 e. The molecule has 0 unspecified atom stereocenters. The van der Waals surface area contributed by atoms with Crippen LogP contribution in [0.25, 0.3) is 27.9 Å². The third kappa shape index (κ3) is 4.23. The number of hydrogen-bond donors (Lipinski definition) is 0. The van der Waals surface area contributed by atoms with Gasteiger partial charge in [0, 0.05) is 24.4 Å². The molecular formula is C27H26N4O5S. The van der Waals surface area contributed by atoms with E-state index in [1.807, 2.05) is 39.0 Å². The Morgan fingerprint density at radius 1 is 1.05 bits per heavy atom. The van der Waals surface area contributed by atoms with E-state index in [1.54, 1.807) is 36.7 Å². The highest BCUT2D eigenvalue weighted by molar-refractivity contribution is 7.91. The minimum Gasteiger partial charge on any atom is -0.456 e. The standard InChI is InChI=1S/C27H26N4O5S/c1-6-37(33,34)20-9-10-24(21(12-20)23-14-30(5)27(32)22-13-28-15-31(22)23)35-25-11-19(8-7-16(25)2)26-17(3)29-36-18(26)4/h7-15H,6H2,1-5H3. The third-order valence-electron chi connectivity index (χ3n) is 6.45. The lowest BCUT2D eigenvalue weighted by molar-refractivity contribution is 0.393. The zero-order chi connectivity index (χ0) is 26.5. The smallest absolute Gasteiger partial charge is 0.276 e. The van der Waals surface area contributed by atoms with Crippen LogP contribution in [-0.4, -0.2) is 33.3 Å². The summed E-state index contributed by atoms with van der Waals surface area (Å²) in [5, 5.41) is 4.05. The van der Waals surface area contributed by atoms with Gasteiger partial charge in [0.1, 0.15) is 22.8 Å². The Morgan fingerprint density at radius 3 is 2.54 bits per heavy atom. The molecule has 0 radical (unpaired) electrons. The lowest BCUT2D eigenvalue weighted by Crippen LogP contribution is -2.19. The molecule has 10 heteroatoms. The highest BCUT2D eigenvalue weighted by Crippen LogP contribution is 2.38. The Bertz CT molecular complexity index is 1810. The average molecular weight is 519 g/mol. The lowest BCUT2D eigenvalue weighted by Gasteiger charge is -2.17. The first-order valence-electron chi connectivity index (χ1n) is 11.7. The van der Waals surface area contributed by atoms with E-state index in [-0.39, 0.29) is 16.2 Å². The molecule has 0 aliphatic rings. The molecule has 0 aliphatic heterocycles. The Hall–Kier alpha value is -4.18. The van der Waals surface area contributed by atoms with Gasteiger partial charge in [-0.05, 0) is 56.2 Å². The van der Waals surface area contributed by atoms with Gasteiger partial charge in [-0.3, -0.25) is 9.20 Å². The predicted molar refractivity (Wildman–Crippen MR) is 140 cm³/mol. The van der Waals surface area contributed by atoms with Crippen molar-refractivity contribution in [2.45, 2.75) is 32.6 Å². The molecule has 0 N–H and O–H groups in total. The van der Waals surface area contributed by atoms with Crippen molar-refractivity contribution in [2.24, 2.45) is 7.05 Å². The molecule has 0 saturated carbocycles. The lowest BCUT2D eigenvalue weighted by atomic mass is 10.0. The van der Waals surface area contributed by atoms with Gasteiger partial charge in [-0.2, -0.15) is 0 Å². The van der Waals surface area contributed by atoms with E-state index in [0.29, 0.717) is 34.0 Å². The number of imidazole rings is 1. The first-order valence-corrected chi connectivity index (χ1v) is 13.4. The van der Waals surface area contributed by atoms with Crippen molar-refractivity contribution in [3.8, 4) is 33.9 Å². The quantitative estimate of drug-likeness (QED) is 0.316. The molecule has 5 rings (SSSR count). The topological polar surface area (TPSA) is 109 Å². The van der Waals surface area contributed by atoms with E-state index < -0.39 is 9.84 Å². The van der Waals surface area contributed by atoms with Gasteiger partial charge in [0.15, 0.2) is 9.84 Å². The molecule has 9 nitrogen and oxygen atoms in total. The van der Waals surface area contributed by atoms with Crippen LogP contribution in [-0.2, 0) is 16.9 Å². The molecule has 3 heterocycles. The molecular weight excluding hydrogens is 492 g/mol. The molecule has 0 saturated heterocycles. The Labute approximate surface area is 213 Å². The van der Waals surface area contributed by atoms with Crippen LogP contribution in [0.15, 0.2) is 69.3 Å². The van der Waals surface area contributed by atoms with Gasteiger partial charge in [-0.15, -0.1) is 0 Å². The van der Waals surface area contributed by atoms with Gasteiger partial charge in [0.25, 0.3) is 5.56 Å². The predicted octanol–water partition coefficient (Wildman–Crippen LogP) is 4.87. The molecule has 0 aliphatic carbocycles. The maximum absolute atomic E-state index is 12.8. The zero-order valence-electron chi connectivity index (χ0n) is 21.1. The fraction of sp³-hybridized carbons (Fsp3) is 0.222. The summed E-state index contributed by atoms with van der Waals surface area (Å²) in [5.41, 5.74) is 4.67. The number of ether oxygens (including phenoxy) is 1. The minimum absolute atomic E-state index is 0.0427. The van der Waals surface area contributed by atoms with Crippen LogP contribution < -0.4 is 10.3 Å². The highest BCUT2D eigenvalue weighted by atomic mass is 32.2. The fourth-order valence-corrected chi connectivity index (χ4v) is 5.27. The van der Waals surface area contributed by atoms with E-state index in [9.17, 15) is 13.2 Å².